The second-order valence-corrected chi connectivity index (χ2v) is 7.48. The molecule has 1 aliphatic carbocycles. The van der Waals surface area contributed by atoms with E-state index in [1.165, 1.54) is 47.3 Å². The fourth-order valence-electron chi connectivity index (χ4n) is 3.18. The lowest BCUT2D eigenvalue weighted by atomic mass is 9.89. The van der Waals surface area contributed by atoms with Gasteiger partial charge in [0.15, 0.2) is 0 Å². The summed E-state index contributed by atoms with van der Waals surface area (Å²) in [4.78, 5) is 13.6. The first-order valence-electron chi connectivity index (χ1n) is 8.64. The Hall–Kier alpha value is -1.61. The lowest BCUT2D eigenvalue weighted by Crippen LogP contribution is -2.33. The molecule has 0 aliphatic heterocycles. The van der Waals surface area contributed by atoms with Crippen LogP contribution < -0.4 is 5.32 Å². The fraction of sp³-hybridized carbons (Fsp3) is 0.450. The number of carbonyl (C=O) groups excluding carboxylic acids is 1. The Bertz CT molecular complexity index is 662. The van der Waals surface area contributed by atoms with Crippen molar-refractivity contribution in [3.63, 3.8) is 0 Å². The topological polar surface area (TPSA) is 29.1 Å². The van der Waals surface area contributed by atoms with Crippen molar-refractivity contribution in [3.8, 4) is 0 Å². The summed E-state index contributed by atoms with van der Waals surface area (Å²) in [6.07, 6.45) is 5.80. The minimum atomic E-state index is -0.0243. The highest BCUT2D eigenvalue weighted by Crippen LogP contribution is 2.30. The SMILES string of the molecule is CCC(C)C(=O)NC(c1ccc2c(c1)CCCC2)c1cccs1. The van der Waals surface area contributed by atoms with Gasteiger partial charge in [-0.05, 0) is 60.2 Å². The number of thiophene rings is 1. The molecule has 0 spiro atoms. The second kappa shape index (κ2) is 7.31. The van der Waals surface area contributed by atoms with E-state index in [4.69, 9.17) is 0 Å². The normalized spacial score (nSPS) is 16.4. The van der Waals surface area contributed by atoms with Gasteiger partial charge in [0.05, 0.1) is 6.04 Å². The standard InChI is InChI=1S/C20H25NOS/c1-3-14(2)20(22)21-19(18-9-6-12-23-18)17-11-10-15-7-4-5-8-16(15)13-17/h6,9-14,19H,3-5,7-8H2,1-2H3,(H,21,22). The van der Waals surface area contributed by atoms with Crippen molar-refractivity contribution in [1.29, 1.82) is 0 Å². The smallest absolute Gasteiger partial charge is 0.223 e. The summed E-state index contributed by atoms with van der Waals surface area (Å²) in [7, 11) is 0. The summed E-state index contributed by atoms with van der Waals surface area (Å²) < 4.78 is 0. The number of hydrogen-bond donors (Lipinski definition) is 1. The first-order chi connectivity index (χ1) is 11.2. The van der Waals surface area contributed by atoms with Crippen LogP contribution in [0.15, 0.2) is 35.7 Å². The Morgan fingerprint density at radius 2 is 2.00 bits per heavy atom. The minimum Gasteiger partial charge on any atom is -0.344 e. The molecule has 2 unspecified atom stereocenters. The van der Waals surface area contributed by atoms with Gasteiger partial charge in [0.25, 0.3) is 0 Å². The first kappa shape index (κ1) is 16.3. The van der Waals surface area contributed by atoms with Gasteiger partial charge in [0.1, 0.15) is 0 Å². The Kier molecular flexibility index (Phi) is 5.16. The summed E-state index contributed by atoms with van der Waals surface area (Å²) >= 11 is 1.71. The number of fused-ring (bicyclic) bond motifs is 1. The van der Waals surface area contributed by atoms with Gasteiger partial charge in [-0.15, -0.1) is 11.3 Å². The molecule has 2 atom stereocenters. The van der Waals surface area contributed by atoms with Gasteiger partial charge in [0, 0.05) is 10.8 Å². The highest BCUT2D eigenvalue weighted by Gasteiger charge is 2.22. The zero-order valence-electron chi connectivity index (χ0n) is 14.0. The third kappa shape index (κ3) is 3.66. The number of aryl methyl sites for hydroxylation is 2. The maximum Gasteiger partial charge on any atom is 0.223 e. The average molecular weight is 327 g/mol. The van der Waals surface area contributed by atoms with E-state index < -0.39 is 0 Å². The maximum absolute atomic E-state index is 12.4. The first-order valence-corrected chi connectivity index (χ1v) is 9.52. The van der Waals surface area contributed by atoms with E-state index in [1.54, 1.807) is 11.3 Å². The van der Waals surface area contributed by atoms with Gasteiger partial charge in [-0.2, -0.15) is 0 Å². The molecule has 0 fully saturated rings. The maximum atomic E-state index is 12.4. The van der Waals surface area contributed by atoms with Crippen molar-refractivity contribution < 1.29 is 4.79 Å². The molecule has 2 aromatic rings. The molecule has 3 heteroatoms. The van der Waals surface area contributed by atoms with Crippen LogP contribution in [0.5, 0.6) is 0 Å². The summed E-state index contributed by atoms with van der Waals surface area (Å²) in [5.41, 5.74) is 4.16. The predicted octanol–water partition coefficient (Wildman–Crippen LogP) is 4.88. The molecule has 1 aromatic carbocycles. The monoisotopic (exact) mass is 327 g/mol. The highest BCUT2D eigenvalue weighted by atomic mass is 32.1. The molecule has 122 valence electrons. The van der Waals surface area contributed by atoms with Gasteiger partial charge in [-0.1, -0.05) is 38.1 Å². The molecule has 23 heavy (non-hydrogen) atoms. The summed E-state index contributed by atoms with van der Waals surface area (Å²) in [6.45, 7) is 4.05. The molecule has 0 saturated heterocycles. The van der Waals surface area contributed by atoms with Crippen molar-refractivity contribution in [2.45, 2.75) is 52.0 Å². The van der Waals surface area contributed by atoms with E-state index in [-0.39, 0.29) is 17.9 Å². The van der Waals surface area contributed by atoms with E-state index in [9.17, 15) is 4.79 Å². The second-order valence-electron chi connectivity index (χ2n) is 6.50. The molecule has 1 aliphatic rings. The quantitative estimate of drug-likeness (QED) is 0.833. The zero-order chi connectivity index (χ0) is 16.2. The van der Waals surface area contributed by atoms with Crippen LogP contribution in [-0.2, 0) is 17.6 Å². The van der Waals surface area contributed by atoms with Gasteiger partial charge < -0.3 is 5.32 Å². The summed E-state index contributed by atoms with van der Waals surface area (Å²) in [5.74, 6) is 0.193. The summed E-state index contributed by atoms with van der Waals surface area (Å²) in [5, 5.41) is 5.34. The average Bonchev–Trinajstić information content (AvgIpc) is 3.12. The van der Waals surface area contributed by atoms with Crippen LogP contribution in [0.4, 0.5) is 0 Å². The molecule has 1 amide bonds. The lowest BCUT2D eigenvalue weighted by Gasteiger charge is -2.23. The summed E-state index contributed by atoms with van der Waals surface area (Å²) in [6, 6.07) is 10.9. The Morgan fingerprint density at radius 3 is 2.70 bits per heavy atom. The van der Waals surface area contributed by atoms with E-state index >= 15 is 0 Å². The van der Waals surface area contributed by atoms with Crippen LogP contribution >= 0.6 is 11.3 Å². The Balaban J connectivity index is 1.91. The number of amides is 1. The molecule has 1 N–H and O–H groups in total. The van der Waals surface area contributed by atoms with E-state index in [1.807, 2.05) is 6.92 Å². The molecule has 0 bridgehead atoms. The van der Waals surface area contributed by atoms with Crippen LogP contribution in [0.25, 0.3) is 0 Å². The predicted molar refractivity (Wildman–Crippen MR) is 96.8 cm³/mol. The van der Waals surface area contributed by atoms with Crippen molar-refractivity contribution >= 4 is 17.2 Å². The Morgan fingerprint density at radius 1 is 1.22 bits per heavy atom. The number of nitrogens with one attached hydrogen (secondary N) is 1. The number of rotatable bonds is 5. The van der Waals surface area contributed by atoms with Gasteiger partial charge >= 0.3 is 0 Å². The molecular formula is C20H25NOS. The van der Waals surface area contributed by atoms with Gasteiger partial charge in [-0.25, -0.2) is 0 Å². The molecule has 1 aromatic heterocycles. The molecular weight excluding hydrogens is 302 g/mol. The molecule has 0 radical (unpaired) electrons. The Labute approximate surface area is 142 Å². The molecule has 0 saturated carbocycles. The highest BCUT2D eigenvalue weighted by molar-refractivity contribution is 7.10. The molecule has 1 heterocycles. The van der Waals surface area contributed by atoms with Crippen LogP contribution in [0, 0.1) is 5.92 Å². The van der Waals surface area contributed by atoms with Crippen molar-refractivity contribution in [2.75, 3.05) is 0 Å². The number of hydrogen-bond acceptors (Lipinski definition) is 2. The van der Waals surface area contributed by atoms with Crippen LogP contribution in [-0.4, -0.2) is 5.91 Å². The van der Waals surface area contributed by atoms with Crippen molar-refractivity contribution in [2.24, 2.45) is 5.92 Å². The lowest BCUT2D eigenvalue weighted by molar-refractivity contribution is -0.125. The van der Waals surface area contributed by atoms with E-state index in [0.717, 1.165) is 6.42 Å². The number of benzene rings is 1. The van der Waals surface area contributed by atoms with Gasteiger partial charge in [-0.3, -0.25) is 4.79 Å². The van der Waals surface area contributed by atoms with Crippen molar-refractivity contribution in [1.82, 2.24) is 5.32 Å². The fourth-order valence-corrected chi connectivity index (χ4v) is 3.98. The third-order valence-corrected chi connectivity index (χ3v) is 5.82. The van der Waals surface area contributed by atoms with Crippen LogP contribution in [0.2, 0.25) is 0 Å². The van der Waals surface area contributed by atoms with Crippen molar-refractivity contribution in [3.05, 3.63) is 57.3 Å². The number of carbonyl (C=O) groups is 1. The van der Waals surface area contributed by atoms with E-state index in [0.29, 0.717) is 0 Å². The van der Waals surface area contributed by atoms with Gasteiger partial charge in [0.2, 0.25) is 5.91 Å². The third-order valence-electron chi connectivity index (χ3n) is 4.88. The zero-order valence-corrected chi connectivity index (χ0v) is 14.8. The van der Waals surface area contributed by atoms with E-state index in [2.05, 4.69) is 48.0 Å². The van der Waals surface area contributed by atoms with Crippen LogP contribution in [0.3, 0.4) is 0 Å². The molecule has 3 rings (SSSR count). The van der Waals surface area contributed by atoms with Crippen LogP contribution in [0.1, 0.15) is 60.7 Å². The molecule has 2 nitrogen and oxygen atoms in total. The largest absolute Gasteiger partial charge is 0.344 e. The minimum absolute atomic E-state index is 0.0243.